The zero-order chi connectivity index (χ0) is 17.1. The highest BCUT2D eigenvalue weighted by molar-refractivity contribution is 6.03. The molecule has 2 heterocycles. The Labute approximate surface area is 140 Å². The molecule has 3 rings (SSSR count). The first-order valence-electron chi connectivity index (χ1n) is 8.03. The number of carbonyl (C=O) groups excluding carboxylic acids is 2. The first-order valence-corrected chi connectivity index (χ1v) is 8.03. The van der Waals surface area contributed by atoms with Crippen LogP contribution in [0.5, 0.6) is 0 Å². The Balaban J connectivity index is 1.72. The number of nitrogens with zero attached hydrogens (tertiary/aromatic N) is 3. The van der Waals surface area contributed by atoms with E-state index in [0.29, 0.717) is 19.0 Å². The highest BCUT2D eigenvalue weighted by Crippen LogP contribution is 2.30. The topological polar surface area (TPSA) is 89.2 Å². The monoisotopic (exact) mass is 324 g/mol. The van der Waals surface area contributed by atoms with Crippen molar-refractivity contribution in [3.8, 4) is 0 Å². The van der Waals surface area contributed by atoms with E-state index in [4.69, 9.17) is 5.73 Å². The molecule has 1 aromatic carbocycles. The molecule has 1 fully saturated rings. The number of hydrogen-bond acceptors (Lipinski definition) is 4. The number of aryl methyl sites for hydroxylation is 1. The Hall–Kier alpha value is -2.76. The highest BCUT2D eigenvalue weighted by atomic mass is 16.2. The van der Waals surface area contributed by atoms with Crippen molar-refractivity contribution in [2.75, 3.05) is 13.1 Å². The molecular weight excluding hydrogens is 304 g/mol. The molecule has 2 amide bonds. The van der Waals surface area contributed by atoms with Gasteiger partial charge in [-0.25, -0.2) is 9.97 Å². The molecule has 24 heavy (non-hydrogen) atoms. The molecular formula is C18H20N4O2. The van der Waals surface area contributed by atoms with Gasteiger partial charge in [0.15, 0.2) is 11.4 Å². The van der Waals surface area contributed by atoms with E-state index in [1.807, 2.05) is 6.07 Å². The molecule has 2 aromatic rings. The minimum absolute atomic E-state index is 0.0411. The Morgan fingerprint density at radius 2 is 1.71 bits per heavy atom. The molecule has 0 spiro atoms. The average molecular weight is 324 g/mol. The summed E-state index contributed by atoms with van der Waals surface area (Å²) in [5, 5.41) is 0. The molecule has 0 atom stereocenters. The first-order chi connectivity index (χ1) is 11.6. The number of benzene rings is 1. The van der Waals surface area contributed by atoms with Crippen LogP contribution < -0.4 is 5.73 Å². The normalized spacial score (nSPS) is 15.3. The summed E-state index contributed by atoms with van der Waals surface area (Å²) in [4.78, 5) is 33.7. The van der Waals surface area contributed by atoms with Crippen LogP contribution in [0.4, 0.5) is 0 Å². The van der Waals surface area contributed by atoms with Gasteiger partial charge in [0.2, 0.25) is 0 Å². The van der Waals surface area contributed by atoms with Gasteiger partial charge in [0.25, 0.3) is 11.8 Å². The van der Waals surface area contributed by atoms with Crippen LogP contribution in [0, 0.1) is 6.92 Å². The number of nitrogens with two attached hydrogens (primary N) is 1. The predicted octanol–water partition coefficient (Wildman–Crippen LogP) is 1.90. The summed E-state index contributed by atoms with van der Waals surface area (Å²) in [7, 11) is 0. The van der Waals surface area contributed by atoms with Crippen LogP contribution >= 0.6 is 0 Å². The van der Waals surface area contributed by atoms with Gasteiger partial charge in [0.05, 0.1) is 0 Å². The zero-order valence-corrected chi connectivity index (χ0v) is 13.6. The fraction of sp³-hybridized carbons (Fsp3) is 0.333. The van der Waals surface area contributed by atoms with Crippen LogP contribution in [0.1, 0.15) is 50.9 Å². The Bertz CT molecular complexity index is 767. The van der Waals surface area contributed by atoms with Crippen molar-refractivity contribution < 1.29 is 9.59 Å². The van der Waals surface area contributed by atoms with Crippen LogP contribution in [-0.4, -0.2) is 39.8 Å². The van der Waals surface area contributed by atoms with Gasteiger partial charge in [-0.1, -0.05) is 24.3 Å². The largest absolute Gasteiger partial charge is 0.364 e. The maximum absolute atomic E-state index is 12.7. The van der Waals surface area contributed by atoms with Crippen molar-refractivity contribution in [2.24, 2.45) is 5.73 Å². The Morgan fingerprint density at radius 1 is 1.08 bits per heavy atom. The SMILES string of the molecule is Cc1ccccc1C1CCN(C(=O)c2nccnc2C(N)=O)CC1. The van der Waals surface area contributed by atoms with Gasteiger partial charge in [-0.05, 0) is 36.8 Å². The third kappa shape index (κ3) is 3.13. The van der Waals surface area contributed by atoms with Gasteiger partial charge in [-0.3, -0.25) is 9.59 Å². The number of primary amides is 1. The minimum Gasteiger partial charge on any atom is -0.364 e. The summed E-state index contributed by atoms with van der Waals surface area (Å²) in [6, 6.07) is 8.37. The maximum atomic E-state index is 12.7. The molecule has 0 radical (unpaired) electrons. The number of amides is 2. The number of hydrogen-bond donors (Lipinski definition) is 1. The van der Waals surface area contributed by atoms with E-state index in [0.717, 1.165) is 12.8 Å². The summed E-state index contributed by atoms with van der Waals surface area (Å²) in [5.74, 6) is -0.561. The quantitative estimate of drug-likeness (QED) is 0.934. The number of likely N-dealkylation sites (tertiary alicyclic amines) is 1. The fourth-order valence-corrected chi connectivity index (χ4v) is 3.26. The van der Waals surface area contributed by atoms with Gasteiger partial charge >= 0.3 is 0 Å². The standard InChI is InChI=1S/C18H20N4O2/c1-12-4-2-3-5-14(12)13-6-10-22(11-7-13)18(24)16-15(17(19)23)20-8-9-21-16/h2-5,8-9,13H,6-7,10-11H2,1H3,(H2,19,23). The summed E-state index contributed by atoms with van der Waals surface area (Å²) in [6.45, 7) is 3.38. The molecule has 1 aliphatic heterocycles. The van der Waals surface area contributed by atoms with E-state index in [1.165, 1.54) is 23.5 Å². The first kappa shape index (κ1) is 16.1. The molecule has 0 aliphatic carbocycles. The molecule has 6 nitrogen and oxygen atoms in total. The van der Waals surface area contributed by atoms with Gasteiger partial charge in [0.1, 0.15) is 0 Å². The lowest BCUT2D eigenvalue weighted by atomic mass is 9.87. The van der Waals surface area contributed by atoms with Crippen LogP contribution in [0.25, 0.3) is 0 Å². The Kier molecular flexibility index (Phi) is 4.55. The predicted molar refractivity (Wildman–Crippen MR) is 89.6 cm³/mol. The summed E-state index contributed by atoms with van der Waals surface area (Å²) in [5.41, 5.74) is 7.89. The molecule has 1 aliphatic rings. The van der Waals surface area contributed by atoms with Crippen molar-refractivity contribution in [3.05, 3.63) is 59.2 Å². The summed E-state index contributed by atoms with van der Waals surface area (Å²) in [6.07, 6.45) is 4.55. The second-order valence-corrected chi connectivity index (χ2v) is 6.04. The molecule has 1 saturated heterocycles. The van der Waals surface area contributed by atoms with Gasteiger partial charge in [-0.2, -0.15) is 0 Å². The van der Waals surface area contributed by atoms with Crippen molar-refractivity contribution in [1.29, 1.82) is 0 Å². The van der Waals surface area contributed by atoms with E-state index in [2.05, 4.69) is 35.1 Å². The smallest absolute Gasteiger partial charge is 0.274 e. The molecule has 2 N–H and O–H groups in total. The van der Waals surface area contributed by atoms with E-state index in [1.54, 1.807) is 4.90 Å². The van der Waals surface area contributed by atoms with E-state index in [9.17, 15) is 9.59 Å². The fourth-order valence-electron chi connectivity index (χ4n) is 3.26. The van der Waals surface area contributed by atoms with E-state index < -0.39 is 5.91 Å². The van der Waals surface area contributed by atoms with Crippen LogP contribution in [0.2, 0.25) is 0 Å². The van der Waals surface area contributed by atoms with E-state index in [-0.39, 0.29) is 17.3 Å². The minimum atomic E-state index is -0.735. The lowest BCUT2D eigenvalue weighted by Crippen LogP contribution is -2.39. The Morgan fingerprint density at radius 3 is 2.33 bits per heavy atom. The molecule has 0 saturated carbocycles. The summed E-state index contributed by atoms with van der Waals surface area (Å²) < 4.78 is 0. The van der Waals surface area contributed by atoms with Crippen molar-refractivity contribution in [3.63, 3.8) is 0 Å². The average Bonchev–Trinajstić information content (AvgIpc) is 2.62. The van der Waals surface area contributed by atoms with Gasteiger partial charge in [0, 0.05) is 25.5 Å². The third-order valence-corrected chi connectivity index (χ3v) is 4.54. The lowest BCUT2D eigenvalue weighted by molar-refractivity contribution is 0.0701. The van der Waals surface area contributed by atoms with Crippen molar-refractivity contribution in [2.45, 2.75) is 25.7 Å². The second kappa shape index (κ2) is 6.78. The van der Waals surface area contributed by atoms with Crippen LogP contribution in [-0.2, 0) is 0 Å². The van der Waals surface area contributed by atoms with E-state index >= 15 is 0 Å². The third-order valence-electron chi connectivity index (χ3n) is 4.54. The maximum Gasteiger partial charge on any atom is 0.274 e. The van der Waals surface area contributed by atoms with Gasteiger partial charge in [-0.15, -0.1) is 0 Å². The summed E-state index contributed by atoms with van der Waals surface area (Å²) >= 11 is 0. The number of rotatable bonds is 3. The highest BCUT2D eigenvalue weighted by Gasteiger charge is 2.28. The molecule has 0 unspecified atom stereocenters. The molecule has 0 bridgehead atoms. The molecule has 1 aromatic heterocycles. The number of carbonyl (C=O) groups is 2. The lowest BCUT2D eigenvalue weighted by Gasteiger charge is -2.32. The number of piperidine rings is 1. The zero-order valence-electron chi connectivity index (χ0n) is 13.6. The van der Waals surface area contributed by atoms with Gasteiger partial charge < -0.3 is 10.6 Å². The van der Waals surface area contributed by atoms with Crippen LogP contribution in [0.15, 0.2) is 36.7 Å². The molecule has 6 heteroatoms. The number of aromatic nitrogens is 2. The molecule has 124 valence electrons. The van der Waals surface area contributed by atoms with Crippen LogP contribution in [0.3, 0.4) is 0 Å². The second-order valence-electron chi connectivity index (χ2n) is 6.04. The van der Waals surface area contributed by atoms with Crippen molar-refractivity contribution >= 4 is 11.8 Å². The van der Waals surface area contributed by atoms with Crippen molar-refractivity contribution in [1.82, 2.24) is 14.9 Å².